The fourth-order valence-corrected chi connectivity index (χ4v) is 5.34. The number of hydrogen-bond acceptors (Lipinski definition) is 5. The molecule has 34 heavy (non-hydrogen) atoms. The summed E-state index contributed by atoms with van der Waals surface area (Å²) < 4.78 is 1.99. The first-order valence-corrected chi connectivity index (χ1v) is 12.4. The summed E-state index contributed by atoms with van der Waals surface area (Å²) in [6.45, 7) is 9.38. The monoisotopic (exact) mass is 459 g/mol. The van der Waals surface area contributed by atoms with E-state index in [4.69, 9.17) is 5.26 Å². The largest absolute Gasteiger partial charge is 0.367 e. The van der Waals surface area contributed by atoms with Crippen molar-refractivity contribution in [1.82, 2.24) is 24.6 Å². The third-order valence-electron chi connectivity index (χ3n) is 7.44. The van der Waals surface area contributed by atoms with Gasteiger partial charge in [0, 0.05) is 73.1 Å². The maximum atomic E-state index is 13.0. The van der Waals surface area contributed by atoms with E-state index in [0.717, 1.165) is 85.5 Å². The van der Waals surface area contributed by atoms with Crippen molar-refractivity contribution in [3.8, 4) is 17.3 Å². The quantitative estimate of drug-likeness (QED) is 0.628. The van der Waals surface area contributed by atoms with Crippen LogP contribution >= 0.6 is 0 Å². The molecule has 3 aromatic rings. The summed E-state index contributed by atoms with van der Waals surface area (Å²) in [4.78, 5) is 25.5. The van der Waals surface area contributed by atoms with E-state index in [1.54, 1.807) is 0 Å². The smallest absolute Gasteiger partial charge is 0.225 e. The molecule has 0 atom stereocenters. The summed E-state index contributed by atoms with van der Waals surface area (Å²) in [6.07, 6.45) is 7.36. The Hall–Kier alpha value is -3.34. The number of anilines is 1. The number of amides is 1. The average Bonchev–Trinajstić information content (AvgIpc) is 3.47. The lowest BCUT2D eigenvalue weighted by Gasteiger charge is -2.38. The van der Waals surface area contributed by atoms with Crippen LogP contribution < -0.4 is 4.90 Å². The number of carbonyl (C=O) groups excluding carboxylic acids is 1. The number of pyridine rings is 1. The Bertz CT molecular complexity index is 1220. The summed E-state index contributed by atoms with van der Waals surface area (Å²) in [5.41, 5.74) is 5.15. The molecule has 2 aliphatic rings. The van der Waals surface area contributed by atoms with E-state index in [1.807, 2.05) is 22.7 Å². The van der Waals surface area contributed by atoms with Gasteiger partial charge in [0.05, 0.1) is 17.5 Å². The van der Waals surface area contributed by atoms with E-state index in [9.17, 15) is 4.79 Å². The Kier molecular flexibility index (Phi) is 6.03. The van der Waals surface area contributed by atoms with Gasteiger partial charge in [0.15, 0.2) is 0 Å². The van der Waals surface area contributed by atoms with Crippen LogP contribution in [0.2, 0.25) is 0 Å². The summed E-state index contributed by atoms with van der Waals surface area (Å²) in [7, 11) is 0. The molecule has 178 valence electrons. The normalized spacial score (nSPS) is 21.3. The van der Waals surface area contributed by atoms with Gasteiger partial charge in [-0.05, 0) is 58.6 Å². The zero-order valence-electron chi connectivity index (χ0n) is 20.3. The van der Waals surface area contributed by atoms with Gasteiger partial charge in [-0.3, -0.25) is 9.48 Å². The van der Waals surface area contributed by atoms with E-state index < -0.39 is 0 Å². The highest BCUT2D eigenvalue weighted by atomic mass is 16.2. The van der Waals surface area contributed by atoms with Gasteiger partial charge in [0.2, 0.25) is 5.91 Å². The van der Waals surface area contributed by atoms with Gasteiger partial charge in [-0.2, -0.15) is 10.4 Å². The minimum atomic E-state index is 0.0889. The summed E-state index contributed by atoms with van der Waals surface area (Å²) in [6, 6.07) is 6.92. The lowest BCUT2D eigenvalue weighted by atomic mass is 9.82. The molecular weight excluding hydrogens is 426 g/mol. The van der Waals surface area contributed by atoms with Crippen LogP contribution in [0.4, 0.5) is 5.69 Å². The topological polar surface area (TPSA) is 93.8 Å². The Balaban J connectivity index is 1.30. The Morgan fingerprint density at radius 1 is 1.18 bits per heavy atom. The third-order valence-corrected chi connectivity index (χ3v) is 7.44. The van der Waals surface area contributed by atoms with Crippen LogP contribution in [0.5, 0.6) is 0 Å². The molecule has 0 aromatic carbocycles. The van der Waals surface area contributed by atoms with Crippen molar-refractivity contribution >= 4 is 22.6 Å². The standard InChI is InChI=1S/C26H33N7O/c1-17(2)33-16-22(18(3)30-33)23-14-21-24(8-9-28-25(21)29-23)31-10-12-32(13-11-31)26(34)20-6-4-19(15-27)5-7-20/h8-9,14,16-17,19-20H,4-7,10-13H2,1-3H3,(H,28,29)/t19-,20-. The van der Waals surface area contributed by atoms with Crippen LogP contribution in [0.25, 0.3) is 22.3 Å². The number of hydrogen-bond donors (Lipinski definition) is 1. The van der Waals surface area contributed by atoms with E-state index in [1.165, 1.54) is 0 Å². The number of carbonyl (C=O) groups is 1. The van der Waals surface area contributed by atoms with Gasteiger partial charge in [-0.15, -0.1) is 0 Å². The Morgan fingerprint density at radius 2 is 1.91 bits per heavy atom. The summed E-state index contributed by atoms with van der Waals surface area (Å²) in [5, 5.41) is 14.9. The van der Waals surface area contributed by atoms with Crippen molar-refractivity contribution in [2.24, 2.45) is 11.8 Å². The molecule has 1 aliphatic heterocycles. The highest BCUT2D eigenvalue weighted by molar-refractivity contribution is 5.94. The molecule has 0 unspecified atom stereocenters. The molecule has 0 bridgehead atoms. The molecule has 0 radical (unpaired) electrons. The second kappa shape index (κ2) is 9.13. The number of rotatable bonds is 4. The summed E-state index contributed by atoms with van der Waals surface area (Å²) >= 11 is 0. The first-order chi connectivity index (χ1) is 16.4. The molecule has 8 heteroatoms. The number of H-pyrrole nitrogens is 1. The first-order valence-electron chi connectivity index (χ1n) is 12.4. The SMILES string of the molecule is Cc1nn(C(C)C)cc1-c1cc2c(N3CCN(C(=O)[C@H]4CC[C@H](C#N)CC4)CC3)ccnc2[nH]1. The molecule has 1 aliphatic carbocycles. The molecule has 1 N–H and O–H groups in total. The van der Waals surface area contributed by atoms with E-state index in [2.05, 4.69) is 58.2 Å². The van der Waals surface area contributed by atoms with Crippen LogP contribution in [0.3, 0.4) is 0 Å². The van der Waals surface area contributed by atoms with Crippen LogP contribution in [0, 0.1) is 30.1 Å². The number of nitriles is 1. The minimum absolute atomic E-state index is 0.0889. The Morgan fingerprint density at radius 3 is 2.56 bits per heavy atom. The van der Waals surface area contributed by atoms with E-state index in [0.29, 0.717) is 6.04 Å². The van der Waals surface area contributed by atoms with Crippen molar-refractivity contribution < 1.29 is 4.79 Å². The minimum Gasteiger partial charge on any atom is -0.367 e. The number of piperazine rings is 1. The molecule has 3 aromatic heterocycles. The molecule has 0 spiro atoms. The molecule has 1 saturated carbocycles. The predicted octanol–water partition coefficient (Wildman–Crippen LogP) is 4.29. The van der Waals surface area contributed by atoms with Gasteiger partial charge < -0.3 is 14.8 Å². The molecule has 4 heterocycles. The van der Waals surface area contributed by atoms with Crippen molar-refractivity contribution in [1.29, 1.82) is 5.26 Å². The summed E-state index contributed by atoms with van der Waals surface area (Å²) in [5.74, 6) is 0.494. The predicted molar refractivity (Wildman–Crippen MR) is 132 cm³/mol. The molecule has 5 rings (SSSR count). The van der Waals surface area contributed by atoms with Gasteiger partial charge in [-0.25, -0.2) is 4.98 Å². The number of nitrogens with zero attached hydrogens (tertiary/aromatic N) is 6. The van der Waals surface area contributed by atoms with Gasteiger partial charge in [0.1, 0.15) is 5.65 Å². The second-order valence-electron chi connectivity index (χ2n) is 9.97. The lowest BCUT2D eigenvalue weighted by Crippen LogP contribution is -2.50. The second-order valence-corrected chi connectivity index (χ2v) is 9.97. The van der Waals surface area contributed by atoms with Crippen LogP contribution in [-0.4, -0.2) is 56.7 Å². The van der Waals surface area contributed by atoms with Gasteiger partial charge in [-0.1, -0.05) is 0 Å². The number of aromatic nitrogens is 4. The highest BCUT2D eigenvalue weighted by Gasteiger charge is 2.31. The fraction of sp³-hybridized carbons (Fsp3) is 0.538. The fourth-order valence-electron chi connectivity index (χ4n) is 5.34. The molecular formula is C26H33N7O. The third kappa shape index (κ3) is 4.15. The average molecular weight is 460 g/mol. The molecule has 2 fully saturated rings. The maximum absolute atomic E-state index is 13.0. The zero-order chi connectivity index (χ0) is 23.8. The van der Waals surface area contributed by atoms with Crippen LogP contribution in [0.15, 0.2) is 24.5 Å². The van der Waals surface area contributed by atoms with Crippen molar-refractivity contribution in [3.63, 3.8) is 0 Å². The van der Waals surface area contributed by atoms with E-state index in [-0.39, 0.29) is 17.7 Å². The lowest BCUT2D eigenvalue weighted by molar-refractivity contribution is -0.137. The highest BCUT2D eigenvalue weighted by Crippen LogP contribution is 2.33. The number of fused-ring (bicyclic) bond motifs is 1. The molecule has 8 nitrogen and oxygen atoms in total. The number of aromatic amines is 1. The zero-order valence-corrected chi connectivity index (χ0v) is 20.3. The van der Waals surface area contributed by atoms with Crippen molar-refractivity contribution in [3.05, 3.63) is 30.2 Å². The molecule has 1 saturated heterocycles. The van der Waals surface area contributed by atoms with Crippen LogP contribution in [0.1, 0.15) is 51.3 Å². The van der Waals surface area contributed by atoms with E-state index >= 15 is 0 Å². The number of aryl methyl sites for hydroxylation is 1. The van der Waals surface area contributed by atoms with Crippen LogP contribution in [-0.2, 0) is 4.79 Å². The maximum Gasteiger partial charge on any atom is 0.225 e. The van der Waals surface area contributed by atoms with Gasteiger partial charge in [0.25, 0.3) is 0 Å². The molecule has 1 amide bonds. The van der Waals surface area contributed by atoms with Gasteiger partial charge >= 0.3 is 0 Å². The first kappa shape index (κ1) is 22.5. The van der Waals surface area contributed by atoms with Crippen molar-refractivity contribution in [2.75, 3.05) is 31.1 Å². The number of nitrogens with one attached hydrogen (secondary N) is 1. The van der Waals surface area contributed by atoms with Crippen molar-refractivity contribution in [2.45, 2.75) is 52.5 Å². The Labute approximate surface area is 200 Å².